The predicted octanol–water partition coefficient (Wildman–Crippen LogP) is 3.79. The van der Waals surface area contributed by atoms with Crippen LogP contribution in [0.1, 0.15) is 43.6 Å². The first-order chi connectivity index (χ1) is 9.35. The summed E-state index contributed by atoms with van der Waals surface area (Å²) in [6, 6.07) is 8.43. The fourth-order valence-electron chi connectivity index (χ4n) is 5.42. The summed E-state index contributed by atoms with van der Waals surface area (Å²) >= 11 is 0. The van der Waals surface area contributed by atoms with E-state index in [0.29, 0.717) is 5.92 Å². The van der Waals surface area contributed by atoms with Gasteiger partial charge in [0.15, 0.2) is 0 Å². The highest BCUT2D eigenvalue weighted by Crippen LogP contribution is 2.60. The van der Waals surface area contributed by atoms with Gasteiger partial charge in [0.05, 0.1) is 0 Å². The topological polar surface area (TPSA) is 29.1 Å². The SMILES string of the molecule is O=CNc1ccccc1C1C2CC3CC(C2)CC1C3. The van der Waals surface area contributed by atoms with E-state index in [9.17, 15) is 4.79 Å². The normalized spacial score (nSPS) is 39.3. The van der Waals surface area contributed by atoms with Crippen molar-refractivity contribution in [2.24, 2.45) is 23.7 Å². The Hall–Kier alpha value is -1.31. The Morgan fingerprint density at radius 2 is 1.58 bits per heavy atom. The minimum absolute atomic E-state index is 0.691. The van der Waals surface area contributed by atoms with Gasteiger partial charge in [-0.1, -0.05) is 18.2 Å². The molecule has 1 N–H and O–H groups in total. The molecule has 1 aromatic rings. The molecule has 0 saturated heterocycles. The second kappa shape index (κ2) is 4.36. The molecule has 0 radical (unpaired) electrons. The van der Waals surface area contributed by atoms with Crippen LogP contribution >= 0.6 is 0 Å². The molecular formula is C17H21NO. The largest absolute Gasteiger partial charge is 0.328 e. The minimum atomic E-state index is 0.691. The number of carbonyl (C=O) groups is 1. The van der Waals surface area contributed by atoms with E-state index in [-0.39, 0.29) is 0 Å². The molecule has 0 heterocycles. The van der Waals surface area contributed by atoms with Crippen LogP contribution in [0.25, 0.3) is 0 Å². The Bertz CT molecular complexity index is 468. The summed E-state index contributed by atoms with van der Waals surface area (Å²) in [4.78, 5) is 10.8. The third-order valence-corrected chi connectivity index (χ3v) is 5.76. The van der Waals surface area contributed by atoms with Gasteiger partial charge >= 0.3 is 0 Å². The molecule has 0 unspecified atom stereocenters. The van der Waals surface area contributed by atoms with Gasteiger partial charge in [-0.05, 0) is 73.3 Å². The molecule has 0 aliphatic heterocycles. The van der Waals surface area contributed by atoms with E-state index < -0.39 is 0 Å². The summed E-state index contributed by atoms with van der Waals surface area (Å²) in [5.74, 6) is 4.43. The van der Waals surface area contributed by atoms with Gasteiger partial charge in [0.25, 0.3) is 0 Å². The first-order valence-corrected chi connectivity index (χ1v) is 7.64. The van der Waals surface area contributed by atoms with Crippen LogP contribution in [-0.4, -0.2) is 6.41 Å². The number of anilines is 1. The van der Waals surface area contributed by atoms with Crippen molar-refractivity contribution in [2.75, 3.05) is 5.32 Å². The quantitative estimate of drug-likeness (QED) is 0.818. The molecule has 0 atom stereocenters. The van der Waals surface area contributed by atoms with Gasteiger partial charge in [-0.15, -0.1) is 0 Å². The zero-order chi connectivity index (χ0) is 12.8. The van der Waals surface area contributed by atoms with Crippen LogP contribution in [0.2, 0.25) is 0 Å². The molecule has 4 fully saturated rings. The van der Waals surface area contributed by atoms with Crippen molar-refractivity contribution < 1.29 is 4.79 Å². The monoisotopic (exact) mass is 255 g/mol. The Morgan fingerprint density at radius 1 is 0.947 bits per heavy atom. The summed E-state index contributed by atoms with van der Waals surface area (Å²) in [6.07, 6.45) is 8.00. The molecule has 5 rings (SSSR count). The molecule has 0 spiro atoms. The molecule has 2 nitrogen and oxygen atoms in total. The molecule has 4 aliphatic rings. The van der Waals surface area contributed by atoms with Gasteiger partial charge in [0.1, 0.15) is 0 Å². The number of nitrogens with one attached hydrogen (secondary N) is 1. The van der Waals surface area contributed by atoms with Crippen molar-refractivity contribution in [3.05, 3.63) is 29.8 Å². The maximum atomic E-state index is 10.8. The van der Waals surface area contributed by atoms with E-state index in [1.807, 2.05) is 6.07 Å². The van der Waals surface area contributed by atoms with Crippen molar-refractivity contribution in [1.29, 1.82) is 0 Å². The predicted molar refractivity (Wildman–Crippen MR) is 75.9 cm³/mol. The highest BCUT2D eigenvalue weighted by Gasteiger charge is 2.48. The van der Waals surface area contributed by atoms with Gasteiger partial charge in [0.2, 0.25) is 6.41 Å². The number of rotatable bonds is 3. The molecule has 100 valence electrons. The zero-order valence-electron chi connectivity index (χ0n) is 11.2. The van der Waals surface area contributed by atoms with E-state index in [1.165, 1.54) is 37.7 Å². The lowest BCUT2D eigenvalue weighted by molar-refractivity contribution is -0.105. The highest BCUT2D eigenvalue weighted by atomic mass is 16.1. The summed E-state index contributed by atoms with van der Waals surface area (Å²) < 4.78 is 0. The number of hydrogen-bond acceptors (Lipinski definition) is 1. The van der Waals surface area contributed by atoms with Crippen molar-refractivity contribution in [1.82, 2.24) is 0 Å². The van der Waals surface area contributed by atoms with Crippen LogP contribution in [0.3, 0.4) is 0 Å². The van der Waals surface area contributed by atoms with Gasteiger partial charge in [-0.2, -0.15) is 0 Å². The molecule has 4 bridgehead atoms. The summed E-state index contributed by atoms with van der Waals surface area (Å²) in [5, 5.41) is 2.90. The van der Waals surface area contributed by atoms with Crippen LogP contribution < -0.4 is 5.32 Å². The van der Waals surface area contributed by atoms with Gasteiger partial charge in [-0.25, -0.2) is 0 Å². The molecule has 2 heteroatoms. The van der Waals surface area contributed by atoms with Crippen LogP contribution in [0, 0.1) is 23.7 Å². The maximum absolute atomic E-state index is 10.8. The average Bonchev–Trinajstić information content (AvgIpc) is 2.39. The molecule has 4 aliphatic carbocycles. The van der Waals surface area contributed by atoms with Crippen LogP contribution in [-0.2, 0) is 4.79 Å². The lowest BCUT2D eigenvalue weighted by Crippen LogP contribution is -2.43. The lowest BCUT2D eigenvalue weighted by Gasteiger charge is -2.54. The number of carbonyl (C=O) groups excluding carboxylic acids is 1. The second-order valence-corrected chi connectivity index (χ2v) is 6.81. The number of para-hydroxylation sites is 1. The van der Waals surface area contributed by atoms with Gasteiger partial charge in [-0.3, -0.25) is 4.79 Å². The van der Waals surface area contributed by atoms with Crippen molar-refractivity contribution >= 4 is 12.1 Å². The summed E-state index contributed by atoms with van der Waals surface area (Å²) in [6.45, 7) is 0. The van der Waals surface area contributed by atoms with Gasteiger partial charge in [0, 0.05) is 5.69 Å². The molecule has 0 aromatic heterocycles. The lowest BCUT2D eigenvalue weighted by atomic mass is 9.50. The van der Waals surface area contributed by atoms with Crippen LogP contribution in [0.4, 0.5) is 5.69 Å². The molecule has 1 amide bonds. The van der Waals surface area contributed by atoms with Crippen molar-refractivity contribution in [2.45, 2.75) is 38.0 Å². The smallest absolute Gasteiger partial charge is 0.211 e. The second-order valence-electron chi connectivity index (χ2n) is 6.81. The fraction of sp³-hybridized carbons (Fsp3) is 0.588. The Balaban J connectivity index is 1.70. The van der Waals surface area contributed by atoms with Crippen LogP contribution in [0.15, 0.2) is 24.3 Å². The summed E-state index contributed by atoms with van der Waals surface area (Å²) in [7, 11) is 0. The van der Waals surface area contributed by atoms with E-state index in [4.69, 9.17) is 0 Å². The molecule has 1 aromatic carbocycles. The third kappa shape index (κ3) is 1.80. The Morgan fingerprint density at radius 3 is 2.21 bits per heavy atom. The van der Waals surface area contributed by atoms with E-state index in [1.54, 1.807) is 0 Å². The first-order valence-electron chi connectivity index (χ1n) is 7.64. The highest BCUT2D eigenvalue weighted by molar-refractivity contribution is 5.73. The summed E-state index contributed by atoms with van der Waals surface area (Å²) in [5.41, 5.74) is 2.43. The van der Waals surface area contributed by atoms with E-state index in [2.05, 4.69) is 23.5 Å². The van der Waals surface area contributed by atoms with Crippen molar-refractivity contribution in [3.63, 3.8) is 0 Å². The molecule has 19 heavy (non-hydrogen) atoms. The third-order valence-electron chi connectivity index (χ3n) is 5.76. The zero-order valence-corrected chi connectivity index (χ0v) is 11.2. The maximum Gasteiger partial charge on any atom is 0.211 e. The number of hydrogen-bond donors (Lipinski definition) is 1. The van der Waals surface area contributed by atoms with Crippen LogP contribution in [0.5, 0.6) is 0 Å². The molecular weight excluding hydrogens is 234 g/mol. The molecule has 4 saturated carbocycles. The fourth-order valence-corrected chi connectivity index (χ4v) is 5.42. The average molecular weight is 255 g/mol. The van der Waals surface area contributed by atoms with Gasteiger partial charge < -0.3 is 5.32 Å². The number of amides is 1. The van der Waals surface area contributed by atoms with E-state index >= 15 is 0 Å². The first kappa shape index (κ1) is 11.5. The minimum Gasteiger partial charge on any atom is -0.328 e. The Kier molecular flexibility index (Phi) is 2.64. The Labute approximate surface area is 114 Å². The van der Waals surface area contributed by atoms with E-state index in [0.717, 1.165) is 35.8 Å². The van der Waals surface area contributed by atoms with Crippen molar-refractivity contribution in [3.8, 4) is 0 Å². The standard InChI is InChI=1S/C17H21NO/c19-10-18-16-4-2-1-3-15(16)17-13-6-11-5-12(8-13)9-14(17)7-11/h1-4,10-14,17H,5-9H2,(H,18,19). The number of benzene rings is 1.